The standard InChI is InChI=1S/C17H17NO2/c1-3-11-20-16-9-7-14(8-10-16)17(19)18-15-6-4-5-13(2)12-15/h3-10,12H,1,11H2,2H3,(H,18,19). The van der Waals surface area contributed by atoms with E-state index in [1.807, 2.05) is 31.2 Å². The van der Waals surface area contributed by atoms with Crippen molar-refractivity contribution in [2.45, 2.75) is 6.92 Å². The Morgan fingerprint density at radius 2 is 2.00 bits per heavy atom. The second-order valence-electron chi connectivity index (χ2n) is 4.45. The van der Waals surface area contributed by atoms with Crippen LogP contribution in [-0.4, -0.2) is 12.5 Å². The molecule has 0 aliphatic rings. The number of anilines is 1. The minimum Gasteiger partial charge on any atom is -0.490 e. The molecule has 3 heteroatoms. The minimum atomic E-state index is -0.133. The summed E-state index contributed by atoms with van der Waals surface area (Å²) >= 11 is 0. The normalized spacial score (nSPS) is 9.85. The molecule has 0 atom stereocenters. The van der Waals surface area contributed by atoms with Gasteiger partial charge in [-0.25, -0.2) is 0 Å². The first kappa shape index (κ1) is 13.9. The molecule has 1 N–H and O–H groups in total. The molecular formula is C17H17NO2. The molecule has 0 spiro atoms. The van der Waals surface area contributed by atoms with Gasteiger partial charge in [0.1, 0.15) is 12.4 Å². The number of carbonyl (C=O) groups excluding carboxylic acids is 1. The number of ether oxygens (including phenoxy) is 1. The Bertz CT molecular complexity index is 603. The molecule has 2 rings (SSSR count). The molecule has 1 amide bonds. The largest absolute Gasteiger partial charge is 0.490 e. The van der Waals surface area contributed by atoms with E-state index in [-0.39, 0.29) is 5.91 Å². The van der Waals surface area contributed by atoms with Crippen molar-refractivity contribution in [3.8, 4) is 5.75 Å². The van der Waals surface area contributed by atoms with Gasteiger partial charge in [-0.2, -0.15) is 0 Å². The highest BCUT2D eigenvalue weighted by molar-refractivity contribution is 6.04. The van der Waals surface area contributed by atoms with Crippen molar-refractivity contribution in [2.75, 3.05) is 11.9 Å². The number of benzene rings is 2. The Balaban J connectivity index is 2.03. The van der Waals surface area contributed by atoms with Crippen LogP contribution in [-0.2, 0) is 0 Å². The second-order valence-corrected chi connectivity index (χ2v) is 4.45. The summed E-state index contributed by atoms with van der Waals surface area (Å²) in [4.78, 5) is 12.1. The molecule has 0 saturated heterocycles. The zero-order chi connectivity index (χ0) is 14.4. The van der Waals surface area contributed by atoms with E-state index in [1.165, 1.54) is 0 Å². The molecule has 0 radical (unpaired) electrons. The summed E-state index contributed by atoms with van der Waals surface area (Å²) in [5.41, 5.74) is 2.50. The van der Waals surface area contributed by atoms with Gasteiger partial charge in [-0.05, 0) is 48.9 Å². The Morgan fingerprint density at radius 1 is 1.25 bits per heavy atom. The van der Waals surface area contributed by atoms with E-state index < -0.39 is 0 Å². The first-order valence-corrected chi connectivity index (χ1v) is 6.41. The lowest BCUT2D eigenvalue weighted by molar-refractivity contribution is 0.102. The number of nitrogens with one attached hydrogen (secondary N) is 1. The fourth-order valence-corrected chi connectivity index (χ4v) is 1.78. The maximum Gasteiger partial charge on any atom is 0.255 e. The summed E-state index contributed by atoms with van der Waals surface area (Å²) in [6.45, 7) is 6.03. The van der Waals surface area contributed by atoms with Gasteiger partial charge in [-0.1, -0.05) is 24.8 Å². The van der Waals surface area contributed by atoms with Gasteiger partial charge in [0.15, 0.2) is 0 Å². The molecule has 0 aromatic heterocycles. The van der Waals surface area contributed by atoms with E-state index in [4.69, 9.17) is 4.74 Å². The molecule has 0 bridgehead atoms. The number of hydrogen-bond donors (Lipinski definition) is 1. The van der Waals surface area contributed by atoms with Crippen molar-refractivity contribution in [1.82, 2.24) is 0 Å². The fourth-order valence-electron chi connectivity index (χ4n) is 1.78. The lowest BCUT2D eigenvalue weighted by Crippen LogP contribution is -2.11. The number of amides is 1. The van der Waals surface area contributed by atoms with Gasteiger partial charge < -0.3 is 10.1 Å². The van der Waals surface area contributed by atoms with Crippen molar-refractivity contribution in [2.24, 2.45) is 0 Å². The second kappa shape index (κ2) is 6.57. The maximum atomic E-state index is 12.1. The van der Waals surface area contributed by atoms with Gasteiger partial charge in [-0.3, -0.25) is 4.79 Å². The molecule has 3 nitrogen and oxygen atoms in total. The topological polar surface area (TPSA) is 38.3 Å². The molecule has 0 saturated carbocycles. The predicted molar refractivity (Wildman–Crippen MR) is 81.3 cm³/mol. The van der Waals surface area contributed by atoms with Crippen molar-refractivity contribution in [3.63, 3.8) is 0 Å². The van der Waals surface area contributed by atoms with E-state index in [0.29, 0.717) is 12.2 Å². The van der Waals surface area contributed by atoms with Crippen LogP contribution in [0.4, 0.5) is 5.69 Å². The highest BCUT2D eigenvalue weighted by Crippen LogP contribution is 2.15. The van der Waals surface area contributed by atoms with Gasteiger partial charge >= 0.3 is 0 Å². The number of hydrogen-bond acceptors (Lipinski definition) is 2. The number of rotatable bonds is 5. The smallest absolute Gasteiger partial charge is 0.255 e. The molecule has 0 unspecified atom stereocenters. The van der Waals surface area contributed by atoms with Crippen LogP contribution in [0.3, 0.4) is 0 Å². The molecule has 0 fully saturated rings. The Morgan fingerprint density at radius 3 is 2.65 bits per heavy atom. The quantitative estimate of drug-likeness (QED) is 0.836. The maximum absolute atomic E-state index is 12.1. The van der Waals surface area contributed by atoms with Crippen LogP contribution < -0.4 is 10.1 Å². The molecule has 0 aliphatic heterocycles. The lowest BCUT2D eigenvalue weighted by Gasteiger charge is -2.07. The Labute approximate surface area is 118 Å². The summed E-state index contributed by atoms with van der Waals surface area (Å²) < 4.78 is 5.37. The SMILES string of the molecule is C=CCOc1ccc(C(=O)Nc2cccc(C)c2)cc1. The van der Waals surface area contributed by atoms with Gasteiger partial charge in [0.2, 0.25) is 0 Å². The zero-order valence-electron chi connectivity index (χ0n) is 11.4. The monoisotopic (exact) mass is 267 g/mol. The zero-order valence-corrected chi connectivity index (χ0v) is 11.4. The summed E-state index contributed by atoms with van der Waals surface area (Å²) in [7, 11) is 0. The molecular weight excluding hydrogens is 250 g/mol. The van der Waals surface area contributed by atoms with Crippen LogP contribution in [0.2, 0.25) is 0 Å². The van der Waals surface area contributed by atoms with E-state index in [2.05, 4.69) is 11.9 Å². The first-order chi connectivity index (χ1) is 9.69. The van der Waals surface area contributed by atoms with E-state index in [1.54, 1.807) is 30.3 Å². The van der Waals surface area contributed by atoms with E-state index in [9.17, 15) is 4.79 Å². The minimum absolute atomic E-state index is 0.133. The Hall–Kier alpha value is -2.55. The lowest BCUT2D eigenvalue weighted by atomic mass is 10.2. The van der Waals surface area contributed by atoms with Crippen LogP contribution in [0.5, 0.6) is 5.75 Å². The first-order valence-electron chi connectivity index (χ1n) is 6.41. The summed E-state index contributed by atoms with van der Waals surface area (Å²) in [5, 5.41) is 2.87. The third-order valence-electron chi connectivity index (χ3n) is 2.76. The van der Waals surface area contributed by atoms with Gasteiger partial charge in [0.25, 0.3) is 5.91 Å². The highest BCUT2D eigenvalue weighted by Gasteiger charge is 2.06. The van der Waals surface area contributed by atoms with Crippen LogP contribution >= 0.6 is 0 Å². The van der Waals surface area contributed by atoms with Crippen LogP contribution in [0, 0.1) is 6.92 Å². The van der Waals surface area contributed by atoms with E-state index >= 15 is 0 Å². The van der Waals surface area contributed by atoms with Crippen LogP contribution in [0.1, 0.15) is 15.9 Å². The van der Waals surface area contributed by atoms with Crippen molar-refractivity contribution >= 4 is 11.6 Å². The molecule has 2 aromatic carbocycles. The number of aryl methyl sites for hydroxylation is 1. The summed E-state index contributed by atoms with van der Waals surface area (Å²) in [6.07, 6.45) is 1.68. The summed E-state index contributed by atoms with van der Waals surface area (Å²) in [5.74, 6) is 0.586. The third-order valence-corrected chi connectivity index (χ3v) is 2.76. The molecule has 20 heavy (non-hydrogen) atoms. The third kappa shape index (κ3) is 3.72. The predicted octanol–water partition coefficient (Wildman–Crippen LogP) is 3.81. The van der Waals surface area contributed by atoms with Gasteiger partial charge in [0, 0.05) is 11.3 Å². The average Bonchev–Trinajstić information content (AvgIpc) is 2.45. The number of carbonyl (C=O) groups is 1. The van der Waals surface area contributed by atoms with Gasteiger partial charge in [-0.15, -0.1) is 0 Å². The molecule has 102 valence electrons. The van der Waals surface area contributed by atoms with E-state index in [0.717, 1.165) is 17.0 Å². The Kier molecular flexibility index (Phi) is 4.56. The van der Waals surface area contributed by atoms with Crippen molar-refractivity contribution in [1.29, 1.82) is 0 Å². The van der Waals surface area contributed by atoms with Crippen LogP contribution in [0.25, 0.3) is 0 Å². The highest BCUT2D eigenvalue weighted by atomic mass is 16.5. The average molecular weight is 267 g/mol. The van der Waals surface area contributed by atoms with Crippen molar-refractivity contribution < 1.29 is 9.53 Å². The molecule has 0 aliphatic carbocycles. The molecule has 0 heterocycles. The summed E-state index contributed by atoms with van der Waals surface area (Å²) in [6, 6.07) is 14.7. The molecule has 2 aromatic rings. The van der Waals surface area contributed by atoms with Crippen LogP contribution in [0.15, 0.2) is 61.2 Å². The van der Waals surface area contributed by atoms with Gasteiger partial charge in [0.05, 0.1) is 0 Å². The van der Waals surface area contributed by atoms with Crippen molar-refractivity contribution in [3.05, 3.63) is 72.3 Å². The fraction of sp³-hybridized carbons (Fsp3) is 0.118.